The third kappa shape index (κ3) is 5.58. The maximum Gasteiger partial charge on any atom is 0.247 e. The molecule has 5 nitrogen and oxygen atoms in total. The zero-order valence-corrected chi connectivity index (χ0v) is 16.3. The predicted molar refractivity (Wildman–Crippen MR) is 106 cm³/mol. The van der Waals surface area contributed by atoms with Crippen molar-refractivity contribution in [1.82, 2.24) is 10.2 Å². The van der Waals surface area contributed by atoms with Crippen molar-refractivity contribution in [3.8, 4) is 5.75 Å². The molecule has 1 N–H and O–H groups in total. The topological polar surface area (TPSA) is 58.6 Å². The number of ether oxygens (including phenoxy) is 1. The maximum atomic E-state index is 12.9. The van der Waals surface area contributed by atoms with Gasteiger partial charge in [-0.25, -0.2) is 0 Å². The minimum Gasteiger partial charge on any atom is -0.497 e. The Morgan fingerprint density at radius 1 is 1.04 bits per heavy atom. The van der Waals surface area contributed by atoms with E-state index in [1.807, 2.05) is 68.4 Å². The zero-order chi connectivity index (χ0) is 19.6. The predicted octanol–water partition coefficient (Wildman–Crippen LogP) is 3.70. The van der Waals surface area contributed by atoms with Gasteiger partial charge in [-0.3, -0.25) is 9.59 Å². The van der Waals surface area contributed by atoms with Gasteiger partial charge in [0.25, 0.3) is 0 Å². The summed E-state index contributed by atoms with van der Waals surface area (Å²) in [5, 5.41) is 2.87. The summed E-state index contributed by atoms with van der Waals surface area (Å²) in [6.45, 7) is 4.72. The van der Waals surface area contributed by atoms with Crippen molar-refractivity contribution in [1.29, 1.82) is 0 Å². The molecular weight excluding hydrogens is 340 g/mol. The smallest absolute Gasteiger partial charge is 0.247 e. The van der Waals surface area contributed by atoms with Crippen molar-refractivity contribution < 1.29 is 14.3 Å². The Hall–Kier alpha value is -2.82. The molecule has 0 heterocycles. The van der Waals surface area contributed by atoms with Crippen LogP contribution in [0.1, 0.15) is 43.9 Å². The second-order valence-electron chi connectivity index (χ2n) is 6.33. The van der Waals surface area contributed by atoms with Gasteiger partial charge in [-0.05, 0) is 36.6 Å². The average molecular weight is 368 g/mol. The van der Waals surface area contributed by atoms with E-state index >= 15 is 0 Å². The number of likely N-dealkylation sites (N-methyl/N-ethyl adjacent to an activating group) is 1. The monoisotopic (exact) mass is 368 g/mol. The summed E-state index contributed by atoms with van der Waals surface area (Å²) in [6.07, 6.45) is 1.13. The number of carbonyl (C=O) groups excluding carboxylic acids is 2. The highest BCUT2D eigenvalue weighted by atomic mass is 16.5. The molecule has 0 aliphatic carbocycles. The molecule has 0 saturated carbocycles. The molecule has 0 saturated heterocycles. The molecule has 0 fully saturated rings. The van der Waals surface area contributed by atoms with Gasteiger partial charge in [0.05, 0.1) is 7.11 Å². The molecule has 0 spiro atoms. The lowest BCUT2D eigenvalue weighted by atomic mass is 10.0. The fourth-order valence-corrected chi connectivity index (χ4v) is 2.99. The van der Waals surface area contributed by atoms with Crippen molar-refractivity contribution >= 4 is 11.8 Å². The van der Waals surface area contributed by atoms with Crippen molar-refractivity contribution in [3.63, 3.8) is 0 Å². The largest absolute Gasteiger partial charge is 0.497 e. The molecule has 0 aliphatic rings. The third-order valence-corrected chi connectivity index (χ3v) is 4.32. The number of nitrogens with one attached hydrogen (secondary N) is 1. The first-order valence-electron chi connectivity index (χ1n) is 9.35. The van der Waals surface area contributed by atoms with Crippen LogP contribution in [-0.4, -0.2) is 30.4 Å². The van der Waals surface area contributed by atoms with E-state index in [-0.39, 0.29) is 11.8 Å². The first kappa shape index (κ1) is 20.5. The number of benzene rings is 2. The Kier molecular flexibility index (Phi) is 7.86. The molecule has 0 radical (unpaired) electrons. The molecule has 144 valence electrons. The van der Waals surface area contributed by atoms with Gasteiger partial charge in [-0.1, -0.05) is 49.4 Å². The molecule has 2 rings (SSSR count). The van der Waals surface area contributed by atoms with Crippen molar-refractivity contribution in [2.75, 3.05) is 13.7 Å². The van der Waals surface area contributed by atoms with E-state index < -0.39 is 6.04 Å². The Morgan fingerprint density at radius 2 is 1.70 bits per heavy atom. The quantitative estimate of drug-likeness (QED) is 0.734. The van der Waals surface area contributed by atoms with Crippen LogP contribution >= 0.6 is 0 Å². The van der Waals surface area contributed by atoms with E-state index in [0.29, 0.717) is 19.5 Å². The lowest BCUT2D eigenvalue weighted by Gasteiger charge is -2.31. The summed E-state index contributed by atoms with van der Waals surface area (Å²) in [5.41, 5.74) is 1.76. The van der Waals surface area contributed by atoms with Gasteiger partial charge in [-0.2, -0.15) is 0 Å². The minimum absolute atomic E-state index is 0.0339. The van der Waals surface area contributed by atoms with Crippen LogP contribution in [0.5, 0.6) is 5.75 Å². The molecule has 0 bridgehead atoms. The molecule has 2 amide bonds. The second-order valence-corrected chi connectivity index (χ2v) is 6.33. The first-order valence-corrected chi connectivity index (χ1v) is 9.35. The highest BCUT2D eigenvalue weighted by Gasteiger charge is 2.30. The van der Waals surface area contributed by atoms with Gasteiger partial charge < -0.3 is 15.0 Å². The summed E-state index contributed by atoms with van der Waals surface area (Å²) in [7, 11) is 1.62. The maximum absolute atomic E-state index is 12.9. The van der Waals surface area contributed by atoms with Crippen LogP contribution in [0.15, 0.2) is 54.6 Å². The number of rotatable bonds is 9. The normalized spacial score (nSPS) is 11.5. The minimum atomic E-state index is -0.660. The van der Waals surface area contributed by atoms with Crippen LogP contribution in [0, 0.1) is 0 Å². The SMILES string of the molecule is CCCC(=O)N(Cc1ccc(OC)cc1)[C@@H](C(=O)NCC)c1ccccc1. The summed E-state index contributed by atoms with van der Waals surface area (Å²) in [4.78, 5) is 27.4. The highest BCUT2D eigenvalue weighted by Crippen LogP contribution is 2.25. The number of carbonyl (C=O) groups is 2. The lowest BCUT2D eigenvalue weighted by Crippen LogP contribution is -2.43. The second kappa shape index (κ2) is 10.4. The molecular formula is C22H28N2O3. The Bertz CT molecular complexity index is 729. The van der Waals surface area contributed by atoms with E-state index in [1.165, 1.54) is 0 Å². The number of amides is 2. The number of hydrogen-bond acceptors (Lipinski definition) is 3. The van der Waals surface area contributed by atoms with Crippen LogP contribution < -0.4 is 10.1 Å². The molecule has 27 heavy (non-hydrogen) atoms. The van der Waals surface area contributed by atoms with Gasteiger partial charge >= 0.3 is 0 Å². The number of methoxy groups -OCH3 is 1. The molecule has 1 atom stereocenters. The van der Waals surface area contributed by atoms with Crippen LogP contribution in [0.25, 0.3) is 0 Å². The summed E-state index contributed by atoms with van der Waals surface area (Å²) < 4.78 is 5.20. The zero-order valence-electron chi connectivity index (χ0n) is 16.3. The van der Waals surface area contributed by atoms with Crippen molar-refractivity contribution in [2.24, 2.45) is 0 Å². The molecule has 0 aromatic heterocycles. The van der Waals surface area contributed by atoms with Gasteiger partial charge in [-0.15, -0.1) is 0 Å². The summed E-state index contributed by atoms with van der Waals surface area (Å²) in [6, 6.07) is 16.4. The third-order valence-electron chi connectivity index (χ3n) is 4.32. The van der Waals surface area contributed by atoms with E-state index in [4.69, 9.17) is 4.74 Å². The van der Waals surface area contributed by atoms with Crippen molar-refractivity contribution in [3.05, 3.63) is 65.7 Å². The van der Waals surface area contributed by atoms with Crippen LogP contribution in [0.2, 0.25) is 0 Å². The van der Waals surface area contributed by atoms with Crippen LogP contribution in [-0.2, 0) is 16.1 Å². The van der Waals surface area contributed by atoms with Gasteiger partial charge in [0.1, 0.15) is 11.8 Å². The molecule has 2 aromatic carbocycles. The molecule has 0 aliphatic heterocycles. The number of hydrogen-bond donors (Lipinski definition) is 1. The highest BCUT2D eigenvalue weighted by molar-refractivity contribution is 5.88. The van der Waals surface area contributed by atoms with Crippen molar-refractivity contribution in [2.45, 2.75) is 39.3 Å². The van der Waals surface area contributed by atoms with Crippen LogP contribution in [0.3, 0.4) is 0 Å². The van der Waals surface area contributed by atoms with E-state index in [9.17, 15) is 9.59 Å². The Balaban J connectivity index is 2.39. The lowest BCUT2D eigenvalue weighted by molar-refractivity contribution is -0.141. The standard InChI is InChI=1S/C22H28N2O3/c1-4-9-20(25)24(16-17-12-14-19(27-3)15-13-17)21(22(26)23-5-2)18-10-7-6-8-11-18/h6-8,10-15,21H,4-5,9,16H2,1-3H3,(H,23,26)/t21-/m1/s1. The molecule has 5 heteroatoms. The fourth-order valence-electron chi connectivity index (χ4n) is 2.99. The fraction of sp³-hybridized carbons (Fsp3) is 0.364. The van der Waals surface area contributed by atoms with Crippen LogP contribution in [0.4, 0.5) is 0 Å². The average Bonchev–Trinajstić information content (AvgIpc) is 2.69. The Labute approximate surface area is 161 Å². The van der Waals surface area contributed by atoms with E-state index in [2.05, 4.69) is 5.32 Å². The number of nitrogens with zero attached hydrogens (tertiary/aromatic N) is 1. The van der Waals surface area contributed by atoms with Gasteiger partial charge in [0.2, 0.25) is 11.8 Å². The Morgan fingerprint density at radius 3 is 2.26 bits per heavy atom. The van der Waals surface area contributed by atoms with E-state index in [0.717, 1.165) is 23.3 Å². The summed E-state index contributed by atoms with van der Waals surface area (Å²) >= 11 is 0. The van der Waals surface area contributed by atoms with E-state index in [1.54, 1.807) is 12.0 Å². The van der Waals surface area contributed by atoms with Gasteiger partial charge in [0.15, 0.2) is 0 Å². The first-order chi connectivity index (χ1) is 13.1. The molecule has 2 aromatic rings. The van der Waals surface area contributed by atoms with Gasteiger partial charge in [0, 0.05) is 19.5 Å². The summed E-state index contributed by atoms with van der Waals surface area (Å²) in [5.74, 6) is 0.559. The molecule has 0 unspecified atom stereocenters.